The molecule has 1 N–H and O–H groups in total. The van der Waals surface area contributed by atoms with Gasteiger partial charge in [0.1, 0.15) is 5.02 Å². The maximum Gasteiger partial charge on any atom is 0.288 e. The van der Waals surface area contributed by atoms with Gasteiger partial charge in [0.2, 0.25) is 0 Å². The van der Waals surface area contributed by atoms with Crippen molar-refractivity contribution in [2.24, 2.45) is 0 Å². The molecule has 0 radical (unpaired) electrons. The lowest BCUT2D eigenvalue weighted by atomic mass is 10.2. The van der Waals surface area contributed by atoms with E-state index in [0.717, 1.165) is 0 Å². The summed E-state index contributed by atoms with van der Waals surface area (Å²) in [6.45, 7) is 1.75. The highest BCUT2D eigenvalue weighted by Crippen LogP contribution is 2.27. The highest BCUT2D eigenvalue weighted by molar-refractivity contribution is 6.34. The van der Waals surface area contributed by atoms with E-state index in [9.17, 15) is 14.9 Å². The van der Waals surface area contributed by atoms with Crippen LogP contribution in [0.2, 0.25) is 10.0 Å². The van der Waals surface area contributed by atoms with E-state index in [0.29, 0.717) is 11.4 Å². The Morgan fingerprint density at radius 2 is 2.00 bits per heavy atom. The number of nitro benzene ring substituents is 1. The van der Waals surface area contributed by atoms with Crippen molar-refractivity contribution < 1.29 is 9.72 Å². The van der Waals surface area contributed by atoms with Crippen LogP contribution in [0, 0.1) is 17.0 Å². The number of hydrogen-bond donors (Lipinski definition) is 1. The largest absolute Gasteiger partial charge is 0.322 e. The number of nitrogens with zero attached hydrogens (tertiary/aromatic N) is 2. The van der Waals surface area contributed by atoms with Crippen molar-refractivity contribution in [2.75, 3.05) is 5.32 Å². The molecule has 8 heteroatoms. The van der Waals surface area contributed by atoms with E-state index in [1.54, 1.807) is 13.0 Å². The maximum atomic E-state index is 12.1. The predicted octanol–water partition coefficient (Wildman–Crippen LogP) is 3.86. The van der Waals surface area contributed by atoms with Crippen molar-refractivity contribution in [1.29, 1.82) is 0 Å². The van der Waals surface area contributed by atoms with E-state index >= 15 is 0 Å². The number of nitro groups is 1. The van der Waals surface area contributed by atoms with Crippen molar-refractivity contribution >= 4 is 40.5 Å². The number of pyridine rings is 1. The van der Waals surface area contributed by atoms with Gasteiger partial charge in [-0.2, -0.15) is 0 Å². The van der Waals surface area contributed by atoms with Gasteiger partial charge in [0.05, 0.1) is 15.5 Å². The normalized spacial score (nSPS) is 10.2. The van der Waals surface area contributed by atoms with Crippen molar-refractivity contribution in [3.05, 3.63) is 61.9 Å². The third kappa shape index (κ3) is 3.48. The highest BCUT2D eigenvalue weighted by atomic mass is 35.5. The first kappa shape index (κ1) is 15.2. The van der Waals surface area contributed by atoms with Crippen LogP contribution in [0.5, 0.6) is 0 Å². The second kappa shape index (κ2) is 6.07. The lowest BCUT2D eigenvalue weighted by Gasteiger charge is -2.07. The highest BCUT2D eigenvalue weighted by Gasteiger charge is 2.15. The fourth-order valence-corrected chi connectivity index (χ4v) is 2.17. The van der Waals surface area contributed by atoms with Gasteiger partial charge in [-0.05, 0) is 25.1 Å². The van der Waals surface area contributed by atoms with Crippen LogP contribution in [-0.4, -0.2) is 15.8 Å². The summed E-state index contributed by atoms with van der Waals surface area (Å²) in [6, 6.07) is 5.47. The van der Waals surface area contributed by atoms with Crippen LogP contribution in [0.3, 0.4) is 0 Å². The molecule has 0 aliphatic heterocycles. The van der Waals surface area contributed by atoms with Gasteiger partial charge in [-0.1, -0.05) is 23.2 Å². The molecule has 0 aliphatic carbocycles. The molecular formula is C13H9Cl2N3O3. The second-order valence-corrected chi connectivity index (χ2v) is 5.00. The van der Waals surface area contributed by atoms with Gasteiger partial charge in [0.25, 0.3) is 11.6 Å². The minimum absolute atomic E-state index is 0.0640. The molecule has 21 heavy (non-hydrogen) atoms. The molecule has 0 aliphatic rings. The average molecular weight is 326 g/mol. The Labute approximate surface area is 129 Å². The third-order valence-corrected chi connectivity index (χ3v) is 3.25. The molecule has 0 spiro atoms. The van der Waals surface area contributed by atoms with Crippen molar-refractivity contribution in [3.8, 4) is 0 Å². The number of benzene rings is 1. The van der Waals surface area contributed by atoms with Gasteiger partial charge in [0, 0.05) is 23.6 Å². The van der Waals surface area contributed by atoms with Gasteiger partial charge in [0.15, 0.2) is 0 Å². The number of carbonyl (C=O) groups excluding carboxylic acids is 1. The Morgan fingerprint density at radius 1 is 1.29 bits per heavy atom. The van der Waals surface area contributed by atoms with Crippen LogP contribution in [0.15, 0.2) is 30.5 Å². The van der Waals surface area contributed by atoms with Crippen LogP contribution in [0.1, 0.15) is 16.1 Å². The summed E-state index contributed by atoms with van der Waals surface area (Å²) < 4.78 is 0. The molecule has 108 valence electrons. The standard InChI is InChI=1S/C13H9Cl2N3O3/c1-7-4-10(14)9(6-16-7)13(19)17-8-2-3-12(18(20)21)11(15)5-8/h2-6H,1H3,(H,17,19). The fourth-order valence-electron chi connectivity index (χ4n) is 1.62. The zero-order chi connectivity index (χ0) is 15.6. The first-order valence-electron chi connectivity index (χ1n) is 5.76. The molecule has 1 amide bonds. The van der Waals surface area contributed by atoms with Crippen molar-refractivity contribution in [3.63, 3.8) is 0 Å². The third-order valence-electron chi connectivity index (χ3n) is 2.64. The fraction of sp³-hybridized carbons (Fsp3) is 0.0769. The maximum absolute atomic E-state index is 12.1. The molecule has 6 nitrogen and oxygen atoms in total. The Morgan fingerprint density at radius 3 is 2.57 bits per heavy atom. The number of carbonyl (C=O) groups is 1. The monoisotopic (exact) mass is 325 g/mol. The summed E-state index contributed by atoms with van der Waals surface area (Å²) >= 11 is 11.7. The van der Waals surface area contributed by atoms with Gasteiger partial charge in [-0.25, -0.2) is 0 Å². The predicted molar refractivity (Wildman–Crippen MR) is 80.0 cm³/mol. The second-order valence-electron chi connectivity index (χ2n) is 4.18. The quantitative estimate of drug-likeness (QED) is 0.685. The molecule has 2 aromatic rings. The Kier molecular flexibility index (Phi) is 4.40. The number of aromatic nitrogens is 1. The van der Waals surface area contributed by atoms with E-state index < -0.39 is 10.8 Å². The van der Waals surface area contributed by atoms with Gasteiger partial charge in [-0.15, -0.1) is 0 Å². The van der Waals surface area contributed by atoms with E-state index in [1.807, 2.05) is 0 Å². The summed E-state index contributed by atoms with van der Waals surface area (Å²) in [6.07, 6.45) is 1.36. The summed E-state index contributed by atoms with van der Waals surface area (Å²) in [5, 5.41) is 13.4. The number of hydrogen-bond acceptors (Lipinski definition) is 4. The number of rotatable bonds is 3. The molecular weight excluding hydrogens is 317 g/mol. The molecule has 0 saturated heterocycles. The minimum Gasteiger partial charge on any atom is -0.322 e. The molecule has 1 heterocycles. The molecule has 1 aromatic carbocycles. The van der Waals surface area contributed by atoms with E-state index in [-0.39, 0.29) is 21.3 Å². The zero-order valence-corrected chi connectivity index (χ0v) is 12.3. The zero-order valence-electron chi connectivity index (χ0n) is 10.8. The number of nitrogens with one attached hydrogen (secondary N) is 1. The van der Waals surface area contributed by atoms with Crippen LogP contribution < -0.4 is 5.32 Å². The van der Waals surface area contributed by atoms with Crippen LogP contribution in [-0.2, 0) is 0 Å². The van der Waals surface area contributed by atoms with Gasteiger partial charge < -0.3 is 5.32 Å². The first-order valence-corrected chi connectivity index (χ1v) is 6.51. The molecule has 0 atom stereocenters. The van der Waals surface area contributed by atoms with Gasteiger partial charge >= 0.3 is 0 Å². The molecule has 2 rings (SSSR count). The summed E-state index contributed by atoms with van der Waals surface area (Å²) in [4.78, 5) is 26.1. The van der Waals surface area contributed by atoms with Gasteiger partial charge in [-0.3, -0.25) is 19.9 Å². The van der Waals surface area contributed by atoms with Crippen molar-refractivity contribution in [2.45, 2.75) is 6.92 Å². The van der Waals surface area contributed by atoms with E-state index in [2.05, 4.69) is 10.3 Å². The Balaban J connectivity index is 2.23. The number of anilines is 1. The topological polar surface area (TPSA) is 85.1 Å². The van der Waals surface area contributed by atoms with Crippen LogP contribution >= 0.6 is 23.2 Å². The number of halogens is 2. The lowest BCUT2D eigenvalue weighted by Crippen LogP contribution is -2.13. The lowest BCUT2D eigenvalue weighted by molar-refractivity contribution is -0.384. The van der Waals surface area contributed by atoms with Crippen molar-refractivity contribution in [1.82, 2.24) is 4.98 Å². The SMILES string of the molecule is Cc1cc(Cl)c(C(=O)Nc2ccc([N+](=O)[O-])c(Cl)c2)cn1. The molecule has 1 aromatic heterocycles. The number of amides is 1. The summed E-state index contributed by atoms with van der Waals surface area (Å²) in [5.41, 5.74) is 0.989. The van der Waals surface area contributed by atoms with E-state index in [4.69, 9.17) is 23.2 Å². The first-order chi connectivity index (χ1) is 9.88. The van der Waals surface area contributed by atoms with Crippen LogP contribution in [0.4, 0.5) is 11.4 Å². The summed E-state index contributed by atoms with van der Waals surface area (Å²) in [5.74, 6) is -0.475. The van der Waals surface area contributed by atoms with E-state index in [1.165, 1.54) is 24.4 Å². The molecule has 0 unspecified atom stereocenters. The number of aryl methyl sites for hydroxylation is 1. The smallest absolute Gasteiger partial charge is 0.288 e. The molecule has 0 saturated carbocycles. The average Bonchev–Trinajstić information content (AvgIpc) is 2.37. The molecule has 0 bridgehead atoms. The van der Waals surface area contributed by atoms with Crippen LogP contribution in [0.25, 0.3) is 0 Å². The summed E-state index contributed by atoms with van der Waals surface area (Å²) in [7, 11) is 0. The minimum atomic E-state index is -0.602. The Hall–Kier alpha value is -2.18. The molecule has 0 fully saturated rings. The Bertz CT molecular complexity index is 735.